The number of pyridine rings is 2. The van der Waals surface area contributed by atoms with Crippen molar-refractivity contribution in [3.05, 3.63) is 90.3 Å². The molecule has 0 radical (unpaired) electrons. The highest BCUT2D eigenvalue weighted by molar-refractivity contribution is 5.75. The Morgan fingerprint density at radius 1 is 0.733 bits per heavy atom. The maximum atomic E-state index is 12.9. The number of hydrogen-bond donors (Lipinski definition) is 1. The van der Waals surface area contributed by atoms with E-state index in [4.69, 9.17) is 5.73 Å². The number of nitrogen functional groups attached to an aromatic ring is 1. The van der Waals surface area contributed by atoms with Gasteiger partial charge in [-0.15, -0.1) is 0 Å². The molecule has 2 N–H and O–H groups in total. The lowest BCUT2D eigenvalue weighted by atomic mass is 9.99. The average molecular weight is 405 g/mol. The van der Waals surface area contributed by atoms with E-state index in [0.717, 1.165) is 45.8 Å². The number of aromatic nitrogens is 2. The van der Waals surface area contributed by atoms with Crippen molar-refractivity contribution in [2.45, 2.75) is 13.1 Å². The minimum atomic E-state index is -4.35. The summed E-state index contributed by atoms with van der Waals surface area (Å²) in [6.45, 7) is 1.87. The van der Waals surface area contributed by atoms with Crippen molar-refractivity contribution in [3.63, 3.8) is 0 Å². The smallest absolute Gasteiger partial charge is 0.384 e. The number of aryl methyl sites for hydroxylation is 1. The van der Waals surface area contributed by atoms with E-state index in [1.54, 1.807) is 12.3 Å². The third-order valence-corrected chi connectivity index (χ3v) is 4.78. The average Bonchev–Trinajstić information content (AvgIpc) is 2.73. The molecule has 0 atom stereocenters. The molecule has 2 aromatic carbocycles. The van der Waals surface area contributed by atoms with Crippen molar-refractivity contribution >= 4 is 5.82 Å². The minimum absolute atomic E-state index is 0.455. The van der Waals surface area contributed by atoms with Gasteiger partial charge in [0.05, 0.1) is 11.3 Å². The van der Waals surface area contributed by atoms with Gasteiger partial charge in [0.2, 0.25) is 0 Å². The second-order valence-corrected chi connectivity index (χ2v) is 7.01. The Hall–Kier alpha value is -3.67. The number of nitrogens with two attached hydrogens (primary N) is 1. The fourth-order valence-corrected chi connectivity index (χ4v) is 3.27. The first-order chi connectivity index (χ1) is 14.3. The molecule has 4 rings (SSSR count). The van der Waals surface area contributed by atoms with Gasteiger partial charge in [0.25, 0.3) is 0 Å². The zero-order valence-corrected chi connectivity index (χ0v) is 16.1. The van der Waals surface area contributed by atoms with Crippen LogP contribution in [0, 0.1) is 6.92 Å². The second kappa shape index (κ2) is 7.63. The maximum Gasteiger partial charge on any atom is 0.416 e. The molecule has 2 aromatic heterocycles. The largest absolute Gasteiger partial charge is 0.416 e. The number of benzene rings is 2. The second-order valence-electron chi connectivity index (χ2n) is 7.01. The van der Waals surface area contributed by atoms with Gasteiger partial charge in [-0.3, -0.25) is 4.98 Å². The highest BCUT2D eigenvalue weighted by Crippen LogP contribution is 2.32. The number of halogens is 3. The van der Waals surface area contributed by atoms with Crippen LogP contribution in [0.5, 0.6) is 0 Å². The van der Waals surface area contributed by atoms with Gasteiger partial charge in [0, 0.05) is 23.0 Å². The Balaban J connectivity index is 1.72. The van der Waals surface area contributed by atoms with Crippen LogP contribution in [-0.2, 0) is 6.18 Å². The summed E-state index contributed by atoms with van der Waals surface area (Å²) in [5.41, 5.74) is 10.8. The Morgan fingerprint density at radius 2 is 1.43 bits per heavy atom. The molecule has 3 nitrogen and oxygen atoms in total. The Labute approximate surface area is 172 Å². The van der Waals surface area contributed by atoms with Gasteiger partial charge in [-0.1, -0.05) is 30.3 Å². The van der Waals surface area contributed by atoms with E-state index < -0.39 is 11.7 Å². The number of anilines is 1. The van der Waals surface area contributed by atoms with Crippen molar-refractivity contribution in [2.24, 2.45) is 0 Å². The SMILES string of the molecule is Cc1cc(-c2ccc(C(F)(F)F)cc2)cc(-c2cccc(-c3ccc(N)nc3)c2)n1. The number of nitrogens with zero attached hydrogens (tertiary/aromatic N) is 2. The lowest BCUT2D eigenvalue weighted by Gasteiger charge is -2.11. The van der Waals surface area contributed by atoms with Gasteiger partial charge in [0.15, 0.2) is 0 Å². The summed E-state index contributed by atoms with van der Waals surface area (Å²) in [6, 6.07) is 20.4. The lowest BCUT2D eigenvalue weighted by molar-refractivity contribution is -0.137. The number of alkyl halides is 3. The predicted molar refractivity (Wildman–Crippen MR) is 112 cm³/mol. The molecule has 4 aromatic rings. The van der Waals surface area contributed by atoms with Crippen molar-refractivity contribution < 1.29 is 13.2 Å². The van der Waals surface area contributed by atoms with E-state index in [-0.39, 0.29) is 0 Å². The van der Waals surface area contributed by atoms with Gasteiger partial charge in [-0.25, -0.2) is 4.98 Å². The van der Waals surface area contributed by atoms with Crippen molar-refractivity contribution in [3.8, 4) is 33.5 Å². The molecule has 0 saturated heterocycles. The zero-order chi connectivity index (χ0) is 21.3. The molecule has 2 heterocycles. The summed E-state index contributed by atoms with van der Waals surface area (Å²) >= 11 is 0. The summed E-state index contributed by atoms with van der Waals surface area (Å²) in [7, 11) is 0. The molecule has 0 amide bonds. The molecule has 0 aliphatic rings. The van der Waals surface area contributed by atoms with Crippen LogP contribution in [0.2, 0.25) is 0 Å². The highest BCUT2D eigenvalue weighted by atomic mass is 19.4. The van der Waals surface area contributed by atoms with Crippen LogP contribution in [0.25, 0.3) is 33.5 Å². The van der Waals surface area contributed by atoms with Crippen molar-refractivity contribution in [1.82, 2.24) is 9.97 Å². The number of hydrogen-bond acceptors (Lipinski definition) is 3. The first-order valence-corrected chi connectivity index (χ1v) is 9.28. The monoisotopic (exact) mass is 405 g/mol. The van der Waals surface area contributed by atoms with E-state index >= 15 is 0 Å². The van der Waals surface area contributed by atoms with Crippen LogP contribution in [0.4, 0.5) is 19.0 Å². The fourth-order valence-electron chi connectivity index (χ4n) is 3.27. The molecule has 0 saturated carbocycles. The molecule has 0 spiro atoms. The van der Waals surface area contributed by atoms with Crippen molar-refractivity contribution in [2.75, 3.05) is 5.73 Å². The van der Waals surface area contributed by atoms with Crippen LogP contribution >= 0.6 is 0 Å². The molecule has 0 bridgehead atoms. The summed E-state index contributed by atoms with van der Waals surface area (Å²) in [6.07, 6.45) is -2.64. The Kier molecular flexibility index (Phi) is 4.99. The van der Waals surface area contributed by atoms with E-state index in [9.17, 15) is 13.2 Å². The molecule has 0 aliphatic carbocycles. The molecule has 150 valence electrons. The topological polar surface area (TPSA) is 51.8 Å². The van der Waals surface area contributed by atoms with E-state index in [1.807, 2.05) is 49.4 Å². The first kappa shape index (κ1) is 19.6. The standard InChI is InChI=1S/C24H18F3N3/c1-15-11-20(16-5-8-21(9-6-16)24(25,26)27)13-22(30-15)18-4-2-3-17(12-18)19-7-10-23(28)29-14-19/h2-14H,1H3,(H2,28,29). The Bertz CT molecular complexity index is 1180. The molecule has 30 heavy (non-hydrogen) atoms. The minimum Gasteiger partial charge on any atom is -0.384 e. The molecule has 0 fully saturated rings. The fraction of sp³-hybridized carbons (Fsp3) is 0.0833. The summed E-state index contributed by atoms with van der Waals surface area (Å²) in [4.78, 5) is 8.75. The van der Waals surface area contributed by atoms with Gasteiger partial charge in [0.1, 0.15) is 5.82 Å². The molecule has 0 aliphatic heterocycles. The van der Waals surface area contributed by atoms with Crippen molar-refractivity contribution in [1.29, 1.82) is 0 Å². The van der Waals surface area contributed by atoms with Gasteiger partial charge in [-0.2, -0.15) is 13.2 Å². The van der Waals surface area contributed by atoms with E-state index in [1.165, 1.54) is 12.1 Å². The Morgan fingerprint density at radius 3 is 2.10 bits per heavy atom. The molecular weight excluding hydrogens is 387 g/mol. The zero-order valence-electron chi connectivity index (χ0n) is 16.1. The highest BCUT2D eigenvalue weighted by Gasteiger charge is 2.30. The summed E-state index contributed by atoms with van der Waals surface area (Å²) < 4.78 is 38.6. The first-order valence-electron chi connectivity index (χ1n) is 9.28. The van der Waals surface area contributed by atoms with Crippen LogP contribution in [-0.4, -0.2) is 9.97 Å². The van der Waals surface area contributed by atoms with Gasteiger partial charge < -0.3 is 5.73 Å². The number of rotatable bonds is 3. The van der Waals surface area contributed by atoms with Crippen LogP contribution in [0.3, 0.4) is 0 Å². The molecule has 6 heteroatoms. The quantitative estimate of drug-likeness (QED) is 0.430. The van der Waals surface area contributed by atoms with Crippen LogP contribution in [0.15, 0.2) is 79.0 Å². The third kappa shape index (κ3) is 4.17. The normalized spacial score (nSPS) is 11.5. The molecule has 0 unspecified atom stereocenters. The molecular formula is C24H18F3N3. The van der Waals surface area contributed by atoms with Gasteiger partial charge in [-0.05, 0) is 66.1 Å². The third-order valence-electron chi connectivity index (χ3n) is 4.78. The van der Waals surface area contributed by atoms with E-state index in [0.29, 0.717) is 11.4 Å². The lowest BCUT2D eigenvalue weighted by Crippen LogP contribution is -2.04. The predicted octanol–water partition coefficient (Wildman–Crippen LogP) is 6.39. The summed E-state index contributed by atoms with van der Waals surface area (Å²) in [5, 5.41) is 0. The summed E-state index contributed by atoms with van der Waals surface area (Å²) in [5.74, 6) is 0.455. The van der Waals surface area contributed by atoms with Crippen LogP contribution < -0.4 is 5.73 Å². The van der Waals surface area contributed by atoms with Gasteiger partial charge >= 0.3 is 6.18 Å². The van der Waals surface area contributed by atoms with Crippen LogP contribution in [0.1, 0.15) is 11.3 Å². The van der Waals surface area contributed by atoms with E-state index in [2.05, 4.69) is 9.97 Å². The maximum absolute atomic E-state index is 12.9.